The van der Waals surface area contributed by atoms with Gasteiger partial charge in [0.05, 0.1) is 12.2 Å². The van der Waals surface area contributed by atoms with Gasteiger partial charge in [-0.25, -0.2) is 4.39 Å². The van der Waals surface area contributed by atoms with Gasteiger partial charge in [0.25, 0.3) is 5.91 Å². The van der Waals surface area contributed by atoms with Crippen LogP contribution < -0.4 is 10.6 Å². The number of rotatable bonds is 5. The van der Waals surface area contributed by atoms with Gasteiger partial charge in [0.1, 0.15) is 5.82 Å². The van der Waals surface area contributed by atoms with E-state index in [1.54, 1.807) is 11.0 Å². The number of carbonyl (C=O) groups is 1. The molecule has 2 N–H and O–H groups in total. The van der Waals surface area contributed by atoms with Crippen LogP contribution in [0.15, 0.2) is 18.2 Å². The van der Waals surface area contributed by atoms with E-state index in [9.17, 15) is 9.18 Å². The lowest BCUT2D eigenvalue weighted by molar-refractivity contribution is 0.0731. The summed E-state index contributed by atoms with van der Waals surface area (Å²) in [4.78, 5) is 14.2. The average molecular weight is 335 g/mol. The third kappa shape index (κ3) is 3.77. The molecule has 6 heteroatoms. The zero-order chi connectivity index (χ0) is 16.9. The Labute approximate surface area is 142 Å². The molecule has 0 bridgehead atoms. The Balaban J connectivity index is 1.73. The van der Waals surface area contributed by atoms with Crippen molar-refractivity contribution in [1.82, 2.24) is 15.5 Å². The Morgan fingerprint density at radius 1 is 1.29 bits per heavy atom. The SMILES string of the molecule is CCOCC1CNC[C@H]1c1ccc(C(=O)N2CCNCC2)c(F)c1. The minimum atomic E-state index is -0.418. The second-order valence-electron chi connectivity index (χ2n) is 6.47. The van der Waals surface area contributed by atoms with E-state index in [4.69, 9.17) is 4.74 Å². The van der Waals surface area contributed by atoms with E-state index in [0.29, 0.717) is 32.2 Å². The highest BCUT2D eigenvalue weighted by Crippen LogP contribution is 2.29. The molecule has 0 aliphatic carbocycles. The van der Waals surface area contributed by atoms with Gasteiger partial charge in [-0.1, -0.05) is 6.07 Å². The standard InChI is InChI=1S/C18H26FN3O2/c1-2-24-12-14-10-21-11-16(14)13-3-4-15(17(19)9-13)18(23)22-7-5-20-6-8-22/h3-4,9,14,16,20-21H,2,5-8,10-12H2,1H3/t14?,16-/m0/s1. The molecule has 0 aromatic heterocycles. The van der Waals surface area contributed by atoms with E-state index in [1.807, 2.05) is 13.0 Å². The summed E-state index contributed by atoms with van der Waals surface area (Å²) in [5, 5.41) is 6.55. The Kier molecular flexibility index (Phi) is 5.81. The summed E-state index contributed by atoms with van der Waals surface area (Å²) >= 11 is 0. The molecule has 0 saturated carbocycles. The highest BCUT2D eigenvalue weighted by molar-refractivity contribution is 5.94. The quantitative estimate of drug-likeness (QED) is 0.849. The first-order valence-corrected chi connectivity index (χ1v) is 8.78. The fourth-order valence-electron chi connectivity index (χ4n) is 3.54. The first-order valence-electron chi connectivity index (χ1n) is 8.78. The number of piperazine rings is 1. The molecule has 1 amide bonds. The molecule has 3 rings (SSSR count). The third-order valence-electron chi connectivity index (χ3n) is 4.93. The Bertz CT molecular complexity index is 575. The van der Waals surface area contributed by atoms with Crippen LogP contribution in [0.4, 0.5) is 4.39 Å². The highest BCUT2D eigenvalue weighted by atomic mass is 19.1. The molecule has 2 aliphatic heterocycles. The molecule has 2 saturated heterocycles. The zero-order valence-electron chi connectivity index (χ0n) is 14.2. The van der Waals surface area contributed by atoms with Gasteiger partial charge >= 0.3 is 0 Å². The first kappa shape index (κ1) is 17.3. The van der Waals surface area contributed by atoms with Gasteiger partial charge < -0.3 is 20.3 Å². The van der Waals surface area contributed by atoms with Crippen LogP contribution in [0.5, 0.6) is 0 Å². The Morgan fingerprint density at radius 2 is 2.08 bits per heavy atom. The Hall–Kier alpha value is -1.50. The van der Waals surface area contributed by atoms with Crippen LogP contribution >= 0.6 is 0 Å². The van der Waals surface area contributed by atoms with E-state index in [0.717, 1.165) is 31.7 Å². The number of carbonyl (C=O) groups excluding carboxylic acids is 1. The molecular weight excluding hydrogens is 309 g/mol. The van der Waals surface area contributed by atoms with Crippen LogP contribution in [0.25, 0.3) is 0 Å². The second-order valence-corrected chi connectivity index (χ2v) is 6.47. The van der Waals surface area contributed by atoms with Gasteiger partial charge in [0.15, 0.2) is 0 Å². The average Bonchev–Trinajstić information content (AvgIpc) is 3.08. The molecule has 2 heterocycles. The van der Waals surface area contributed by atoms with Crippen LogP contribution in [0.1, 0.15) is 28.8 Å². The van der Waals surface area contributed by atoms with Gasteiger partial charge in [0.2, 0.25) is 0 Å². The van der Waals surface area contributed by atoms with Crippen molar-refractivity contribution in [1.29, 1.82) is 0 Å². The molecule has 2 atom stereocenters. The predicted molar refractivity (Wildman–Crippen MR) is 90.8 cm³/mol. The van der Waals surface area contributed by atoms with Gasteiger partial charge in [0, 0.05) is 57.7 Å². The molecule has 1 unspecified atom stereocenters. The van der Waals surface area contributed by atoms with Crippen LogP contribution in [-0.4, -0.2) is 63.3 Å². The normalized spacial score (nSPS) is 24.3. The number of nitrogens with one attached hydrogen (secondary N) is 2. The number of amides is 1. The van der Waals surface area contributed by atoms with Crippen LogP contribution in [0.2, 0.25) is 0 Å². The summed E-state index contributed by atoms with van der Waals surface area (Å²) in [7, 11) is 0. The summed E-state index contributed by atoms with van der Waals surface area (Å²) in [6.07, 6.45) is 0. The van der Waals surface area contributed by atoms with Crippen molar-refractivity contribution >= 4 is 5.91 Å². The number of hydrogen-bond acceptors (Lipinski definition) is 4. The summed E-state index contributed by atoms with van der Waals surface area (Å²) in [6, 6.07) is 5.08. The lowest BCUT2D eigenvalue weighted by atomic mass is 9.88. The molecule has 0 spiro atoms. The number of ether oxygens (including phenoxy) is 1. The van der Waals surface area contributed by atoms with Gasteiger partial charge in [-0.2, -0.15) is 0 Å². The van der Waals surface area contributed by atoms with Crippen molar-refractivity contribution in [3.8, 4) is 0 Å². The maximum Gasteiger partial charge on any atom is 0.256 e. The molecule has 132 valence electrons. The number of halogens is 1. The van der Waals surface area contributed by atoms with Gasteiger partial charge in [-0.05, 0) is 24.6 Å². The van der Waals surface area contributed by atoms with E-state index in [1.165, 1.54) is 6.07 Å². The molecule has 1 aromatic carbocycles. The lowest BCUT2D eigenvalue weighted by Gasteiger charge is -2.27. The monoisotopic (exact) mass is 335 g/mol. The second kappa shape index (κ2) is 8.05. The van der Waals surface area contributed by atoms with Crippen LogP contribution in [0.3, 0.4) is 0 Å². The minimum Gasteiger partial charge on any atom is -0.381 e. The van der Waals surface area contributed by atoms with E-state index in [2.05, 4.69) is 10.6 Å². The summed E-state index contributed by atoms with van der Waals surface area (Å²) in [5.41, 5.74) is 1.12. The van der Waals surface area contributed by atoms with E-state index < -0.39 is 5.82 Å². The van der Waals surface area contributed by atoms with E-state index in [-0.39, 0.29) is 17.4 Å². The minimum absolute atomic E-state index is 0.174. The van der Waals surface area contributed by atoms with Crippen molar-refractivity contribution < 1.29 is 13.9 Å². The van der Waals surface area contributed by atoms with Crippen molar-refractivity contribution in [3.63, 3.8) is 0 Å². The third-order valence-corrected chi connectivity index (χ3v) is 4.93. The van der Waals surface area contributed by atoms with E-state index >= 15 is 0 Å². The largest absolute Gasteiger partial charge is 0.381 e. The van der Waals surface area contributed by atoms with Gasteiger partial charge in [-0.15, -0.1) is 0 Å². The fraction of sp³-hybridized carbons (Fsp3) is 0.611. The number of hydrogen-bond donors (Lipinski definition) is 2. The highest BCUT2D eigenvalue weighted by Gasteiger charge is 2.30. The predicted octanol–water partition coefficient (Wildman–Crippen LogP) is 1.21. The lowest BCUT2D eigenvalue weighted by Crippen LogP contribution is -2.46. The van der Waals surface area contributed by atoms with Crippen molar-refractivity contribution in [2.45, 2.75) is 12.8 Å². The fourth-order valence-corrected chi connectivity index (χ4v) is 3.54. The van der Waals surface area contributed by atoms with Crippen LogP contribution in [-0.2, 0) is 4.74 Å². The zero-order valence-corrected chi connectivity index (χ0v) is 14.2. The molecule has 1 aromatic rings. The summed E-state index contributed by atoms with van der Waals surface area (Å²) < 4.78 is 20.1. The molecule has 24 heavy (non-hydrogen) atoms. The molecule has 2 aliphatic rings. The van der Waals surface area contributed by atoms with Crippen molar-refractivity contribution in [2.75, 3.05) is 52.5 Å². The maximum absolute atomic E-state index is 14.6. The molecular formula is C18H26FN3O2. The van der Waals surface area contributed by atoms with Crippen molar-refractivity contribution in [3.05, 3.63) is 35.1 Å². The Morgan fingerprint density at radius 3 is 2.79 bits per heavy atom. The molecule has 5 nitrogen and oxygen atoms in total. The number of nitrogens with zero attached hydrogens (tertiary/aromatic N) is 1. The van der Waals surface area contributed by atoms with Crippen molar-refractivity contribution in [2.24, 2.45) is 5.92 Å². The number of benzene rings is 1. The summed E-state index contributed by atoms with van der Waals surface area (Å²) in [6.45, 7) is 7.83. The van der Waals surface area contributed by atoms with Crippen LogP contribution in [0, 0.1) is 11.7 Å². The maximum atomic E-state index is 14.6. The molecule has 0 radical (unpaired) electrons. The topological polar surface area (TPSA) is 53.6 Å². The smallest absolute Gasteiger partial charge is 0.256 e. The molecule has 2 fully saturated rings. The summed E-state index contributed by atoms with van der Waals surface area (Å²) in [5.74, 6) is -0.0532. The van der Waals surface area contributed by atoms with Gasteiger partial charge in [-0.3, -0.25) is 4.79 Å². The first-order chi connectivity index (χ1) is 11.7.